The number of hydrogen-bond donors (Lipinski definition) is 1. The van der Waals surface area contributed by atoms with Crippen LogP contribution >= 0.6 is 0 Å². The highest BCUT2D eigenvalue weighted by Gasteiger charge is 2.32. The minimum absolute atomic E-state index is 0.235. The van der Waals surface area contributed by atoms with Crippen LogP contribution in [0.5, 0.6) is 0 Å². The topological polar surface area (TPSA) is 34.2 Å². The summed E-state index contributed by atoms with van der Waals surface area (Å²) in [6.07, 6.45) is 0.934. The molecule has 2 atom stereocenters. The molecule has 0 amide bonds. The van der Waals surface area contributed by atoms with Crippen molar-refractivity contribution in [3.8, 4) is 0 Å². The van der Waals surface area contributed by atoms with E-state index in [1.807, 2.05) is 0 Å². The van der Waals surface area contributed by atoms with Crippen molar-refractivity contribution >= 4 is 5.69 Å². The van der Waals surface area contributed by atoms with Gasteiger partial charge in [-0.1, -0.05) is 13.3 Å². The van der Waals surface area contributed by atoms with Crippen molar-refractivity contribution in [2.45, 2.75) is 50.9 Å². The molecule has 2 unspecified atom stereocenters. The number of alkyl halides is 3. The van der Waals surface area contributed by atoms with Gasteiger partial charge in [0.1, 0.15) is 5.69 Å². The summed E-state index contributed by atoms with van der Waals surface area (Å²) in [5.74, 6) is 0. The third kappa shape index (κ3) is 4.10. The zero-order valence-electron chi connectivity index (χ0n) is 11.4. The molecule has 3 nitrogen and oxygen atoms in total. The van der Waals surface area contributed by atoms with Crippen LogP contribution in [0.2, 0.25) is 0 Å². The van der Waals surface area contributed by atoms with Crippen molar-refractivity contribution in [2.24, 2.45) is 0 Å². The number of pyridine rings is 1. The van der Waals surface area contributed by atoms with Gasteiger partial charge in [-0.15, -0.1) is 0 Å². The summed E-state index contributed by atoms with van der Waals surface area (Å²) in [4.78, 5) is 3.45. The lowest BCUT2D eigenvalue weighted by molar-refractivity contribution is -0.141. The van der Waals surface area contributed by atoms with E-state index in [1.54, 1.807) is 0 Å². The summed E-state index contributed by atoms with van der Waals surface area (Å²) in [5, 5.41) is 3.24. The highest BCUT2D eigenvalue weighted by Crippen LogP contribution is 2.28. The number of anilines is 1. The molecule has 0 radical (unpaired) electrons. The minimum Gasteiger partial charge on any atom is -0.381 e. The highest BCUT2D eigenvalue weighted by atomic mass is 19.4. The lowest BCUT2D eigenvalue weighted by Gasteiger charge is -2.30. The van der Waals surface area contributed by atoms with E-state index in [9.17, 15) is 13.2 Å². The van der Waals surface area contributed by atoms with Crippen LogP contribution in [0.3, 0.4) is 0 Å². The molecule has 1 aromatic heterocycles. The first kappa shape index (κ1) is 15.1. The molecule has 2 rings (SSSR count). The number of rotatable bonds is 4. The summed E-state index contributed by atoms with van der Waals surface area (Å²) in [7, 11) is 0. The van der Waals surface area contributed by atoms with E-state index in [4.69, 9.17) is 4.74 Å². The maximum Gasteiger partial charge on any atom is 0.433 e. The molecule has 2 heterocycles. The van der Waals surface area contributed by atoms with E-state index >= 15 is 0 Å². The van der Waals surface area contributed by atoms with Crippen molar-refractivity contribution in [3.05, 3.63) is 24.0 Å². The maximum absolute atomic E-state index is 12.4. The number of aromatic nitrogens is 1. The van der Waals surface area contributed by atoms with Crippen molar-refractivity contribution in [1.29, 1.82) is 0 Å². The van der Waals surface area contributed by atoms with Gasteiger partial charge in [-0.2, -0.15) is 13.2 Å². The van der Waals surface area contributed by atoms with Crippen LogP contribution in [0.1, 0.15) is 38.3 Å². The largest absolute Gasteiger partial charge is 0.433 e. The molecule has 0 bridgehead atoms. The molecule has 1 aliphatic heterocycles. The standard InChI is InChI=1S/C14H19F3N2O/c1-2-3-12-8-10(6-7-20-12)19-11-4-5-13(18-9-11)14(15,16)17/h4-5,9-10,12,19H,2-3,6-8H2,1H3. The van der Waals surface area contributed by atoms with Crippen LogP contribution < -0.4 is 5.32 Å². The first-order valence-corrected chi connectivity index (χ1v) is 6.90. The summed E-state index contributed by atoms with van der Waals surface area (Å²) in [5.41, 5.74) is -0.237. The molecule has 1 aliphatic rings. The molecular weight excluding hydrogens is 269 g/mol. The molecule has 112 valence electrons. The van der Waals surface area contributed by atoms with Gasteiger partial charge >= 0.3 is 6.18 Å². The Morgan fingerprint density at radius 3 is 2.80 bits per heavy atom. The quantitative estimate of drug-likeness (QED) is 0.913. The number of nitrogens with zero attached hydrogens (tertiary/aromatic N) is 1. The number of hydrogen-bond acceptors (Lipinski definition) is 3. The van der Waals surface area contributed by atoms with Crippen LogP contribution in [0.4, 0.5) is 18.9 Å². The average Bonchev–Trinajstić information content (AvgIpc) is 2.39. The zero-order chi connectivity index (χ0) is 14.6. The summed E-state index contributed by atoms with van der Waals surface area (Å²) in [6.45, 7) is 2.80. The van der Waals surface area contributed by atoms with E-state index in [1.165, 1.54) is 12.3 Å². The van der Waals surface area contributed by atoms with Gasteiger partial charge in [-0.05, 0) is 31.4 Å². The fraction of sp³-hybridized carbons (Fsp3) is 0.643. The van der Waals surface area contributed by atoms with Gasteiger partial charge < -0.3 is 10.1 Å². The minimum atomic E-state index is -4.39. The first-order valence-electron chi connectivity index (χ1n) is 6.90. The second kappa shape index (κ2) is 6.43. The Balaban J connectivity index is 1.93. The number of ether oxygens (including phenoxy) is 1. The number of halogens is 3. The van der Waals surface area contributed by atoms with Crippen molar-refractivity contribution < 1.29 is 17.9 Å². The fourth-order valence-electron chi connectivity index (χ4n) is 2.42. The molecular formula is C14H19F3N2O. The van der Waals surface area contributed by atoms with E-state index in [0.29, 0.717) is 12.3 Å². The highest BCUT2D eigenvalue weighted by molar-refractivity contribution is 5.42. The summed E-state index contributed by atoms with van der Waals surface area (Å²) >= 11 is 0. The maximum atomic E-state index is 12.4. The molecule has 0 spiro atoms. The van der Waals surface area contributed by atoms with Crippen molar-refractivity contribution in [3.63, 3.8) is 0 Å². The van der Waals surface area contributed by atoms with Gasteiger partial charge in [0.15, 0.2) is 0 Å². The normalized spacial score (nSPS) is 23.6. The van der Waals surface area contributed by atoms with Crippen LogP contribution in [-0.2, 0) is 10.9 Å². The smallest absolute Gasteiger partial charge is 0.381 e. The van der Waals surface area contributed by atoms with Crippen LogP contribution in [0, 0.1) is 0 Å². The zero-order valence-corrected chi connectivity index (χ0v) is 11.4. The van der Waals surface area contributed by atoms with E-state index in [2.05, 4.69) is 17.2 Å². The van der Waals surface area contributed by atoms with Gasteiger partial charge in [0.05, 0.1) is 18.0 Å². The Kier molecular flexibility index (Phi) is 4.86. The number of nitrogens with one attached hydrogen (secondary N) is 1. The Hall–Kier alpha value is -1.30. The van der Waals surface area contributed by atoms with E-state index < -0.39 is 11.9 Å². The molecule has 0 saturated carbocycles. The molecule has 6 heteroatoms. The van der Waals surface area contributed by atoms with Crippen molar-refractivity contribution in [2.75, 3.05) is 11.9 Å². The van der Waals surface area contributed by atoms with Gasteiger partial charge in [-0.3, -0.25) is 0 Å². The molecule has 1 N–H and O–H groups in total. The Morgan fingerprint density at radius 2 is 2.20 bits per heavy atom. The molecule has 0 aliphatic carbocycles. The van der Waals surface area contributed by atoms with Gasteiger partial charge in [0.25, 0.3) is 0 Å². The Bertz CT molecular complexity index is 417. The molecule has 0 aromatic carbocycles. The second-order valence-corrected chi connectivity index (χ2v) is 5.08. The molecule has 1 aromatic rings. The molecule has 20 heavy (non-hydrogen) atoms. The fourth-order valence-corrected chi connectivity index (χ4v) is 2.42. The summed E-state index contributed by atoms with van der Waals surface area (Å²) in [6, 6.07) is 2.67. The van der Waals surface area contributed by atoms with Crippen molar-refractivity contribution in [1.82, 2.24) is 4.98 Å². The Morgan fingerprint density at radius 1 is 1.40 bits per heavy atom. The predicted molar refractivity (Wildman–Crippen MR) is 70.5 cm³/mol. The first-order chi connectivity index (χ1) is 9.49. The third-order valence-electron chi connectivity index (χ3n) is 3.40. The SMILES string of the molecule is CCCC1CC(Nc2ccc(C(F)(F)F)nc2)CCO1. The molecule has 1 saturated heterocycles. The third-order valence-corrected chi connectivity index (χ3v) is 3.40. The lowest BCUT2D eigenvalue weighted by atomic mass is 10.00. The summed E-state index contributed by atoms with van der Waals surface area (Å²) < 4.78 is 42.9. The van der Waals surface area contributed by atoms with E-state index in [0.717, 1.165) is 31.7 Å². The lowest BCUT2D eigenvalue weighted by Crippen LogP contribution is -2.34. The van der Waals surface area contributed by atoms with Gasteiger partial charge in [0.2, 0.25) is 0 Å². The average molecular weight is 288 g/mol. The van der Waals surface area contributed by atoms with Gasteiger partial charge in [-0.25, -0.2) is 4.98 Å². The van der Waals surface area contributed by atoms with Crippen LogP contribution in [-0.4, -0.2) is 23.7 Å². The van der Waals surface area contributed by atoms with Crippen LogP contribution in [0.15, 0.2) is 18.3 Å². The van der Waals surface area contributed by atoms with Crippen LogP contribution in [0.25, 0.3) is 0 Å². The van der Waals surface area contributed by atoms with Gasteiger partial charge in [0, 0.05) is 12.6 Å². The Labute approximate surface area is 116 Å². The molecule has 1 fully saturated rings. The predicted octanol–water partition coefficient (Wildman–Crippen LogP) is 3.86. The monoisotopic (exact) mass is 288 g/mol. The second-order valence-electron chi connectivity index (χ2n) is 5.08. The van der Waals surface area contributed by atoms with E-state index in [-0.39, 0.29) is 12.1 Å².